The van der Waals surface area contributed by atoms with Gasteiger partial charge in [0.25, 0.3) is 5.91 Å². The van der Waals surface area contributed by atoms with Crippen molar-refractivity contribution in [1.29, 1.82) is 0 Å². The quantitative estimate of drug-likeness (QED) is 0.310. The molecule has 0 bridgehead atoms. The zero-order chi connectivity index (χ0) is 35.2. The molecule has 50 heavy (non-hydrogen) atoms. The smallest absolute Gasteiger partial charge is 0.288 e. The Kier molecular flexibility index (Phi) is 14.5. The second-order valence-electron chi connectivity index (χ2n) is 11.5. The number of rotatable bonds is 11. The van der Waals surface area contributed by atoms with Crippen molar-refractivity contribution in [2.75, 3.05) is 99.4 Å². The number of methoxy groups -OCH3 is 1. The van der Waals surface area contributed by atoms with E-state index in [0.29, 0.717) is 70.5 Å². The topological polar surface area (TPSA) is 156 Å². The number of allylic oxidation sites excluding steroid dienone is 1. The first-order valence-corrected chi connectivity index (χ1v) is 18.2. The fraction of sp³-hybridized carbons (Fsp3) is 0.514. The highest BCUT2D eigenvalue weighted by molar-refractivity contribution is 7.89. The zero-order valence-corrected chi connectivity index (χ0v) is 29.1. The highest BCUT2D eigenvalue weighted by Crippen LogP contribution is 2.36. The normalized spacial score (nSPS) is 20.5. The van der Waals surface area contributed by atoms with Crippen molar-refractivity contribution in [3.8, 4) is 5.75 Å². The number of hydrogen-bond acceptors (Lipinski definition) is 12. The Hall–Kier alpha value is -3.54. The number of benzene rings is 2. The van der Waals surface area contributed by atoms with Crippen LogP contribution in [-0.2, 0) is 43.2 Å². The summed E-state index contributed by atoms with van der Waals surface area (Å²) in [6.45, 7) is 3.06. The number of amides is 1. The van der Waals surface area contributed by atoms with E-state index >= 15 is 0 Å². The molecule has 3 aromatic rings. The van der Waals surface area contributed by atoms with Crippen molar-refractivity contribution in [1.82, 2.24) is 9.21 Å². The SMILES string of the molecule is COc1ccc(S(=O)(=O)N(CCO)CCO[C@@H]2C[C@H](c3coc4ccccc34)C=C(C(=O)N3CCOCCOCCOCCOCC3)O2)cc1. The van der Waals surface area contributed by atoms with Crippen LogP contribution in [0.3, 0.4) is 0 Å². The number of carbonyl (C=O) groups excluding carboxylic acids is 1. The van der Waals surface area contributed by atoms with E-state index in [1.165, 1.54) is 19.2 Å². The first kappa shape index (κ1) is 37.7. The molecule has 15 heteroatoms. The van der Waals surface area contributed by atoms with Crippen molar-refractivity contribution in [3.05, 3.63) is 72.2 Å². The molecule has 2 aliphatic rings. The van der Waals surface area contributed by atoms with Gasteiger partial charge in [-0.25, -0.2) is 8.42 Å². The van der Waals surface area contributed by atoms with Gasteiger partial charge in [0.1, 0.15) is 11.3 Å². The first-order chi connectivity index (χ1) is 24.4. The number of furan rings is 1. The van der Waals surface area contributed by atoms with E-state index in [1.54, 1.807) is 29.4 Å². The van der Waals surface area contributed by atoms with Gasteiger partial charge in [-0.2, -0.15) is 4.31 Å². The first-order valence-electron chi connectivity index (χ1n) is 16.7. The van der Waals surface area contributed by atoms with Gasteiger partial charge in [-0.05, 0) is 36.4 Å². The zero-order valence-electron chi connectivity index (χ0n) is 28.3. The summed E-state index contributed by atoms with van der Waals surface area (Å²) in [5, 5.41) is 10.6. The van der Waals surface area contributed by atoms with Crippen LogP contribution in [0.4, 0.5) is 0 Å². The number of ether oxygens (including phenoxy) is 7. The summed E-state index contributed by atoms with van der Waals surface area (Å²) in [5.41, 5.74) is 1.58. The van der Waals surface area contributed by atoms with E-state index in [2.05, 4.69) is 0 Å². The highest BCUT2D eigenvalue weighted by atomic mass is 32.2. The number of sulfonamides is 1. The fourth-order valence-corrected chi connectivity index (χ4v) is 7.06. The highest BCUT2D eigenvalue weighted by Gasteiger charge is 2.33. The monoisotopic (exact) mass is 718 g/mol. The molecule has 14 nitrogen and oxygen atoms in total. The summed E-state index contributed by atoms with van der Waals surface area (Å²) >= 11 is 0. The van der Waals surface area contributed by atoms with E-state index < -0.39 is 16.3 Å². The standard InChI is InChI=1S/C35H46N2O12S/c1-42-28-6-8-29(9-7-28)50(40,41)37(10-14-38)13-17-47-34-25-27(31-26-48-32-5-3-2-4-30(31)32)24-33(49-34)35(39)36-11-15-43-18-20-45-22-23-46-21-19-44-16-12-36/h2-9,24,26-27,34,38H,10-23,25H2,1H3/t27-,34+/m1/s1. The third kappa shape index (κ3) is 10.3. The van der Waals surface area contributed by atoms with Gasteiger partial charge in [-0.1, -0.05) is 18.2 Å². The summed E-state index contributed by atoms with van der Waals surface area (Å²) in [7, 11) is -2.45. The van der Waals surface area contributed by atoms with E-state index in [0.717, 1.165) is 15.3 Å². The molecule has 0 spiro atoms. The van der Waals surface area contributed by atoms with Crippen LogP contribution in [0.2, 0.25) is 0 Å². The number of para-hydroxylation sites is 1. The molecule has 1 amide bonds. The van der Waals surface area contributed by atoms with Crippen LogP contribution in [-0.4, -0.2) is 134 Å². The maximum atomic E-state index is 14.0. The van der Waals surface area contributed by atoms with Crippen molar-refractivity contribution < 1.29 is 55.9 Å². The molecule has 2 aliphatic heterocycles. The minimum Gasteiger partial charge on any atom is -0.497 e. The molecule has 5 rings (SSSR count). The van der Waals surface area contributed by atoms with Crippen molar-refractivity contribution in [2.45, 2.75) is 23.5 Å². The second-order valence-corrected chi connectivity index (χ2v) is 13.5. The number of aliphatic hydroxyl groups is 1. The van der Waals surface area contributed by atoms with Crippen LogP contribution in [0.15, 0.2) is 75.9 Å². The third-order valence-corrected chi connectivity index (χ3v) is 10.2. The van der Waals surface area contributed by atoms with Gasteiger partial charge in [0.05, 0.1) is 84.3 Å². The molecule has 0 radical (unpaired) electrons. The lowest BCUT2D eigenvalue weighted by Gasteiger charge is -2.32. The lowest BCUT2D eigenvalue weighted by atomic mass is 9.92. The number of hydrogen-bond donors (Lipinski definition) is 1. The molecule has 2 aromatic carbocycles. The lowest BCUT2D eigenvalue weighted by Crippen LogP contribution is -2.41. The Bertz CT molecular complexity index is 1610. The maximum absolute atomic E-state index is 14.0. The molecule has 274 valence electrons. The van der Waals surface area contributed by atoms with Gasteiger partial charge >= 0.3 is 0 Å². The lowest BCUT2D eigenvalue weighted by molar-refractivity contribution is -0.153. The predicted octanol–water partition coefficient (Wildman–Crippen LogP) is 2.76. The Labute approximate surface area is 292 Å². The molecule has 2 atom stereocenters. The minimum atomic E-state index is -3.95. The van der Waals surface area contributed by atoms with Crippen molar-refractivity contribution in [3.63, 3.8) is 0 Å². The molecule has 3 heterocycles. The van der Waals surface area contributed by atoms with Crippen molar-refractivity contribution in [2.24, 2.45) is 0 Å². The molecular formula is C35H46N2O12S. The van der Waals surface area contributed by atoms with Gasteiger partial charge in [-0.3, -0.25) is 4.79 Å². The van der Waals surface area contributed by atoms with Crippen LogP contribution >= 0.6 is 0 Å². The van der Waals surface area contributed by atoms with Crippen molar-refractivity contribution >= 4 is 26.9 Å². The van der Waals surface area contributed by atoms with Gasteiger partial charge in [0, 0.05) is 49.5 Å². The van der Waals surface area contributed by atoms with Gasteiger partial charge in [0.15, 0.2) is 5.76 Å². The van der Waals surface area contributed by atoms with Gasteiger partial charge in [0.2, 0.25) is 16.3 Å². The van der Waals surface area contributed by atoms with E-state index in [4.69, 9.17) is 37.6 Å². The number of nitrogens with zero attached hydrogens (tertiary/aromatic N) is 2. The second kappa shape index (κ2) is 19.2. The molecule has 1 saturated heterocycles. The Balaban J connectivity index is 1.31. The number of aliphatic hydroxyl groups excluding tert-OH is 1. The van der Waals surface area contributed by atoms with Gasteiger partial charge < -0.3 is 47.6 Å². The van der Waals surface area contributed by atoms with Crippen LogP contribution in [0.1, 0.15) is 17.9 Å². The Morgan fingerprint density at radius 1 is 0.900 bits per heavy atom. The molecule has 0 aliphatic carbocycles. The predicted molar refractivity (Wildman–Crippen MR) is 181 cm³/mol. The minimum absolute atomic E-state index is 0.0595. The van der Waals surface area contributed by atoms with Crippen LogP contribution in [0.25, 0.3) is 11.0 Å². The van der Waals surface area contributed by atoms with E-state index in [1.807, 2.05) is 24.3 Å². The van der Waals surface area contributed by atoms with Crippen LogP contribution in [0, 0.1) is 0 Å². The average Bonchev–Trinajstić information content (AvgIpc) is 3.57. The average molecular weight is 719 g/mol. The third-order valence-electron chi connectivity index (χ3n) is 8.28. The maximum Gasteiger partial charge on any atom is 0.288 e. The Morgan fingerprint density at radius 3 is 2.18 bits per heavy atom. The molecule has 0 unspecified atom stereocenters. The number of carbonyl (C=O) groups is 1. The van der Waals surface area contributed by atoms with Crippen LogP contribution < -0.4 is 4.74 Å². The fourth-order valence-electron chi connectivity index (χ4n) is 5.64. The summed E-state index contributed by atoms with van der Waals surface area (Å²) < 4.78 is 73.7. The summed E-state index contributed by atoms with van der Waals surface area (Å²) in [4.78, 5) is 15.7. The number of fused-ring (bicyclic) bond motifs is 1. The molecule has 1 N–H and O–H groups in total. The molecule has 0 saturated carbocycles. The van der Waals surface area contributed by atoms with E-state index in [9.17, 15) is 18.3 Å². The summed E-state index contributed by atoms with van der Waals surface area (Å²) in [5.74, 6) is -0.0477. The molecule has 1 aromatic heterocycles. The summed E-state index contributed by atoms with van der Waals surface area (Å²) in [6.07, 6.45) is 2.92. The van der Waals surface area contributed by atoms with Crippen LogP contribution in [0.5, 0.6) is 5.75 Å². The largest absolute Gasteiger partial charge is 0.497 e. The summed E-state index contributed by atoms with van der Waals surface area (Å²) in [6, 6.07) is 13.7. The molecule has 1 fully saturated rings. The molecular weight excluding hydrogens is 672 g/mol. The van der Waals surface area contributed by atoms with Gasteiger partial charge in [-0.15, -0.1) is 0 Å². The van der Waals surface area contributed by atoms with E-state index in [-0.39, 0.29) is 62.0 Å². The Morgan fingerprint density at radius 2 is 1.54 bits per heavy atom.